The van der Waals surface area contributed by atoms with Crippen molar-refractivity contribution in [3.8, 4) is 0 Å². The molecule has 0 amide bonds. The third kappa shape index (κ3) is 2.49. The maximum Gasteiger partial charge on any atom is 0.337 e. The van der Waals surface area contributed by atoms with Gasteiger partial charge in [-0.3, -0.25) is 0 Å². The van der Waals surface area contributed by atoms with Crippen LogP contribution in [0.25, 0.3) is 11.6 Å². The molecule has 6 heteroatoms. The van der Waals surface area contributed by atoms with E-state index in [0.717, 1.165) is 0 Å². The van der Waals surface area contributed by atoms with Crippen molar-refractivity contribution in [1.82, 2.24) is 4.98 Å². The molecule has 82 valence electrons. The first kappa shape index (κ1) is 11.3. The second kappa shape index (κ2) is 4.78. The summed E-state index contributed by atoms with van der Waals surface area (Å²) in [5.41, 5.74) is 0.237. The number of rotatable bonds is 3. The van der Waals surface area contributed by atoms with Gasteiger partial charge in [0.25, 0.3) is 0 Å². The zero-order valence-electron chi connectivity index (χ0n) is 7.88. The van der Waals surface area contributed by atoms with E-state index in [0.29, 0.717) is 14.2 Å². The first-order valence-corrected chi connectivity index (χ1v) is 6.34. The van der Waals surface area contributed by atoms with Crippen LogP contribution in [0.15, 0.2) is 23.7 Å². The number of thiazole rings is 1. The lowest BCUT2D eigenvalue weighted by atomic mass is 10.2. The number of hydrogen-bond acceptors (Lipinski definition) is 4. The van der Waals surface area contributed by atoms with Crippen LogP contribution < -0.4 is 0 Å². The summed E-state index contributed by atoms with van der Waals surface area (Å²) < 4.78 is 0.544. The first-order chi connectivity index (χ1) is 7.66. The molecule has 0 radical (unpaired) electrons. The Balaban J connectivity index is 2.41. The number of carboxylic acid groups (broad SMARTS) is 1. The molecular formula is C10H6ClNO2S2. The summed E-state index contributed by atoms with van der Waals surface area (Å²) in [5.74, 6) is -0.964. The molecule has 2 rings (SSSR count). The van der Waals surface area contributed by atoms with Crippen molar-refractivity contribution < 1.29 is 9.90 Å². The van der Waals surface area contributed by atoms with Crippen LogP contribution in [0.1, 0.15) is 9.88 Å². The van der Waals surface area contributed by atoms with Crippen LogP contribution in [-0.4, -0.2) is 16.1 Å². The molecule has 16 heavy (non-hydrogen) atoms. The molecule has 0 aliphatic rings. The highest BCUT2D eigenvalue weighted by atomic mass is 35.5. The molecule has 0 aromatic carbocycles. The quantitative estimate of drug-likeness (QED) is 0.870. The van der Waals surface area contributed by atoms with E-state index in [-0.39, 0.29) is 5.57 Å². The molecular weight excluding hydrogens is 266 g/mol. The molecule has 0 unspecified atom stereocenters. The summed E-state index contributed by atoms with van der Waals surface area (Å²) in [7, 11) is 0. The molecule has 1 N–H and O–H groups in total. The third-order valence-corrected chi connectivity index (χ3v) is 3.75. The Hall–Kier alpha value is -1.17. The molecule has 2 aromatic heterocycles. The van der Waals surface area contributed by atoms with E-state index in [9.17, 15) is 4.79 Å². The van der Waals surface area contributed by atoms with Gasteiger partial charge < -0.3 is 5.11 Å². The van der Waals surface area contributed by atoms with Crippen LogP contribution in [0.4, 0.5) is 0 Å². The summed E-state index contributed by atoms with van der Waals surface area (Å²) in [5, 5.41) is 11.5. The second-order valence-corrected chi connectivity index (χ2v) is 5.48. The van der Waals surface area contributed by atoms with Gasteiger partial charge in [0.2, 0.25) is 0 Å². The Morgan fingerprint density at radius 1 is 1.56 bits per heavy atom. The highest BCUT2D eigenvalue weighted by Crippen LogP contribution is 2.26. The lowest BCUT2D eigenvalue weighted by molar-refractivity contribution is -0.130. The van der Waals surface area contributed by atoms with Gasteiger partial charge in [-0.15, -0.1) is 22.7 Å². The predicted molar refractivity (Wildman–Crippen MR) is 66.9 cm³/mol. The number of halogens is 1. The third-order valence-electron chi connectivity index (χ3n) is 1.78. The number of aliphatic carboxylic acids is 1. The highest BCUT2D eigenvalue weighted by molar-refractivity contribution is 7.16. The van der Waals surface area contributed by atoms with Crippen LogP contribution in [0, 0.1) is 0 Å². The Bertz CT molecular complexity index is 531. The maximum absolute atomic E-state index is 11.1. The zero-order valence-corrected chi connectivity index (χ0v) is 10.3. The number of carbonyl (C=O) groups is 1. The lowest BCUT2D eigenvalue weighted by Crippen LogP contribution is -1.97. The average Bonchev–Trinajstić information content (AvgIpc) is 2.84. The van der Waals surface area contributed by atoms with Crippen molar-refractivity contribution in [2.75, 3.05) is 0 Å². The van der Waals surface area contributed by atoms with Gasteiger partial charge in [0, 0.05) is 4.88 Å². The minimum atomic E-state index is -0.964. The van der Waals surface area contributed by atoms with Crippen LogP contribution >= 0.6 is 34.3 Å². The fourth-order valence-corrected chi connectivity index (χ4v) is 2.73. The van der Waals surface area contributed by atoms with E-state index in [1.807, 2.05) is 11.4 Å². The largest absolute Gasteiger partial charge is 0.478 e. The lowest BCUT2D eigenvalue weighted by Gasteiger charge is -1.96. The van der Waals surface area contributed by atoms with Crippen molar-refractivity contribution in [3.05, 3.63) is 37.9 Å². The van der Waals surface area contributed by atoms with Crippen molar-refractivity contribution in [2.24, 2.45) is 0 Å². The van der Waals surface area contributed by atoms with Crippen LogP contribution in [-0.2, 0) is 4.79 Å². The fourth-order valence-electron chi connectivity index (χ4n) is 1.13. The Labute approximate surface area is 105 Å². The van der Waals surface area contributed by atoms with Crippen molar-refractivity contribution in [1.29, 1.82) is 0 Å². The van der Waals surface area contributed by atoms with Crippen LogP contribution in [0.5, 0.6) is 0 Å². The summed E-state index contributed by atoms with van der Waals surface area (Å²) in [6.45, 7) is 0. The van der Waals surface area contributed by atoms with Gasteiger partial charge in [0.05, 0.1) is 11.8 Å². The molecule has 0 aliphatic heterocycles. The molecule has 0 bridgehead atoms. The van der Waals surface area contributed by atoms with Crippen molar-refractivity contribution >= 4 is 51.9 Å². The SMILES string of the molecule is O=C(O)/C(=C/c1ncc(Cl)s1)c1cccs1. The summed E-state index contributed by atoms with van der Waals surface area (Å²) in [6.07, 6.45) is 3.04. The zero-order chi connectivity index (χ0) is 11.5. The van der Waals surface area contributed by atoms with Gasteiger partial charge in [-0.2, -0.15) is 0 Å². The Morgan fingerprint density at radius 2 is 2.38 bits per heavy atom. The van der Waals surface area contributed by atoms with Gasteiger partial charge in [-0.05, 0) is 17.5 Å². The number of nitrogens with zero attached hydrogens (tertiary/aromatic N) is 1. The average molecular weight is 272 g/mol. The molecule has 2 aromatic rings. The van der Waals surface area contributed by atoms with E-state index in [4.69, 9.17) is 16.7 Å². The van der Waals surface area contributed by atoms with Gasteiger partial charge in [0.15, 0.2) is 0 Å². The van der Waals surface area contributed by atoms with Gasteiger partial charge in [-0.25, -0.2) is 9.78 Å². The number of hydrogen-bond donors (Lipinski definition) is 1. The fraction of sp³-hybridized carbons (Fsp3) is 0. The standard InChI is InChI=1S/C10H6ClNO2S2/c11-8-5-12-9(16-8)4-6(10(13)14)7-2-1-3-15-7/h1-5H,(H,13,14)/b6-4+. The first-order valence-electron chi connectivity index (χ1n) is 4.27. The van der Waals surface area contributed by atoms with E-state index >= 15 is 0 Å². The normalized spacial score (nSPS) is 11.7. The van der Waals surface area contributed by atoms with Gasteiger partial charge >= 0.3 is 5.97 Å². The molecule has 0 saturated carbocycles. The maximum atomic E-state index is 11.1. The molecule has 0 aliphatic carbocycles. The summed E-state index contributed by atoms with van der Waals surface area (Å²) in [6, 6.07) is 3.57. The number of thiophene rings is 1. The smallest absolute Gasteiger partial charge is 0.337 e. The van der Waals surface area contributed by atoms with E-state index in [1.165, 1.54) is 34.9 Å². The van der Waals surface area contributed by atoms with E-state index in [2.05, 4.69) is 4.98 Å². The summed E-state index contributed by atoms with van der Waals surface area (Å²) >= 11 is 8.36. The van der Waals surface area contributed by atoms with Crippen LogP contribution in [0.2, 0.25) is 4.34 Å². The molecule has 0 fully saturated rings. The second-order valence-electron chi connectivity index (χ2n) is 2.84. The topological polar surface area (TPSA) is 50.2 Å². The summed E-state index contributed by atoms with van der Waals surface area (Å²) in [4.78, 5) is 15.8. The minimum absolute atomic E-state index is 0.237. The molecule has 0 atom stereocenters. The monoisotopic (exact) mass is 271 g/mol. The Morgan fingerprint density at radius 3 is 2.88 bits per heavy atom. The van der Waals surface area contributed by atoms with Crippen molar-refractivity contribution in [2.45, 2.75) is 0 Å². The van der Waals surface area contributed by atoms with Gasteiger partial charge in [-0.1, -0.05) is 17.7 Å². The highest BCUT2D eigenvalue weighted by Gasteiger charge is 2.12. The number of aromatic nitrogens is 1. The van der Waals surface area contributed by atoms with Gasteiger partial charge in [0.1, 0.15) is 9.34 Å². The molecule has 0 saturated heterocycles. The molecule has 3 nitrogen and oxygen atoms in total. The molecule has 0 spiro atoms. The number of carboxylic acids is 1. The molecule has 2 heterocycles. The van der Waals surface area contributed by atoms with E-state index < -0.39 is 5.97 Å². The Kier molecular flexibility index (Phi) is 3.38. The van der Waals surface area contributed by atoms with Crippen molar-refractivity contribution in [3.63, 3.8) is 0 Å². The predicted octanol–water partition coefficient (Wildman–Crippen LogP) is 3.48. The van der Waals surface area contributed by atoms with E-state index in [1.54, 1.807) is 6.07 Å². The minimum Gasteiger partial charge on any atom is -0.478 e. The van der Waals surface area contributed by atoms with Crippen LogP contribution in [0.3, 0.4) is 0 Å².